The highest BCUT2D eigenvalue weighted by Gasteiger charge is 2.47. The average Bonchev–Trinajstić information content (AvgIpc) is 2.54. The molecule has 1 aromatic rings. The van der Waals surface area contributed by atoms with Crippen molar-refractivity contribution in [3.8, 4) is 0 Å². The predicted octanol–water partition coefficient (Wildman–Crippen LogP) is 1.74. The normalized spacial score (nSPS) is 29.0. The number of fused-ring (bicyclic) bond motifs is 1. The molecular weight excluding hydrogens is 268 g/mol. The van der Waals surface area contributed by atoms with E-state index in [0.717, 1.165) is 32.4 Å². The molecule has 0 N–H and O–H groups in total. The van der Waals surface area contributed by atoms with Crippen molar-refractivity contribution >= 4 is 5.91 Å². The molecule has 2 saturated heterocycles. The quantitative estimate of drug-likeness (QED) is 0.851. The van der Waals surface area contributed by atoms with Gasteiger partial charge in [0.2, 0.25) is 0 Å². The number of methoxy groups -OCH3 is 1. The van der Waals surface area contributed by atoms with Crippen LogP contribution in [0.15, 0.2) is 24.5 Å². The Morgan fingerprint density at radius 2 is 2.52 bits per heavy atom. The molecule has 0 aromatic carbocycles. The van der Waals surface area contributed by atoms with E-state index in [9.17, 15) is 4.79 Å². The minimum absolute atomic E-state index is 0.0525. The van der Waals surface area contributed by atoms with Crippen molar-refractivity contribution in [2.24, 2.45) is 5.41 Å². The van der Waals surface area contributed by atoms with Gasteiger partial charge < -0.3 is 14.4 Å². The van der Waals surface area contributed by atoms with Crippen molar-refractivity contribution in [3.63, 3.8) is 0 Å². The Kier molecular flexibility index (Phi) is 4.22. The lowest BCUT2D eigenvalue weighted by atomic mass is 9.73. The molecule has 2 aliphatic heterocycles. The van der Waals surface area contributed by atoms with Gasteiger partial charge >= 0.3 is 0 Å². The largest absolute Gasteiger partial charge is 0.384 e. The average molecular weight is 290 g/mol. The third-order valence-corrected chi connectivity index (χ3v) is 4.62. The smallest absolute Gasteiger partial charge is 0.255 e. The van der Waals surface area contributed by atoms with Crippen molar-refractivity contribution in [1.29, 1.82) is 0 Å². The van der Waals surface area contributed by atoms with Crippen molar-refractivity contribution < 1.29 is 14.3 Å². The molecule has 5 nitrogen and oxygen atoms in total. The second kappa shape index (κ2) is 6.12. The summed E-state index contributed by atoms with van der Waals surface area (Å²) in [5.74, 6) is 0.0580. The van der Waals surface area contributed by atoms with Gasteiger partial charge in [-0.3, -0.25) is 9.78 Å². The van der Waals surface area contributed by atoms with Crippen LogP contribution in [0.5, 0.6) is 0 Å². The highest BCUT2D eigenvalue weighted by Crippen LogP contribution is 2.40. The molecule has 1 aromatic heterocycles. The third-order valence-electron chi connectivity index (χ3n) is 4.62. The second-order valence-corrected chi connectivity index (χ2v) is 6.02. The van der Waals surface area contributed by atoms with E-state index in [1.54, 1.807) is 25.6 Å². The van der Waals surface area contributed by atoms with E-state index in [0.29, 0.717) is 18.7 Å². The van der Waals surface area contributed by atoms with Crippen LogP contribution in [0.25, 0.3) is 0 Å². The first-order valence-electron chi connectivity index (χ1n) is 7.55. The number of hydrogen-bond donors (Lipinski definition) is 0. The number of likely N-dealkylation sites (tertiary alicyclic amines) is 1. The lowest BCUT2D eigenvalue weighted by Crippen LogP contribution is -2.58. The maximum absolute atomic E-state index is 12.6. The standard InChI is InChI=1S/C16H22N2O3/c1-20-12-16-6-3-9-21-14(16)5-8-18(11-16)15(19)13-4-2-7-17-10-13/h2,4,7,10,14H,3,5-6,8-9,11-12H2,1H3. The maximum atomic E-state index is 12.6. The van der Waals surface area contributed by atoms with Crippen LogP contribution in [0, 0.1) is 5.41 Å². The number of hydrogen-bond acceptors (Lipinski definition) is 4. The highest BCUT2D eigenvalue weighted by atomic mass is 16.5. The van der Waals surface area contributed by atoms with Crippen LogP contribution in [0.3, 0.4) is 0 Å². The topological polar surface area (TPSA) is 51.7 Å². The lowest BCUT2D eigenvalue weighted by Gasteiger charge is -2.50. The number of nitrogens with zero attached hydrogens (tertiary/aromatic N) is 2. The number of aromatic nitrogens is 1. The zero-order valence-electron chi connectivity index (χ0n) is 12.5. The Morgan fingerprint density at radius 1 is 1.62 bits per heavy atom. The SMILES string of the molecule is COCC12CCCOC1CCN(C(=O)c1cccnc1)C2. The molecule has 2 fully saturated rings. The molecule has 2 atom stereocenters. The van der Waals surface area contributed by atoms with E-state index in [-0.39, 0.29) is 17.4 Å². The number of ether oxygens (including phenoxy) is 2. The fourth-order valence-corrected chi connectivity index (χ4v) is 3.63. The van der Waals surface area contributed by atoms with E-state index >= 15 is 0 Å². The second-order valence-electron chi connectivity index (χ2n) is 6.02. The molecule has 3 rings (SSSR count). The van der Waals surface area contributed by atoms with Gasteiger partial charge in [0.1, 0.15) is 0 Å². The van der Waals surface area contributed by atoms with Gasteiger partial charge in [-0.2, -0.15) is 0 Å². The number of amides is 1. The van der Waals surface area contributed by atoms with Crippen LogP contribution in [0.1, 0.15) is 29.6 Å². The lowest BCUT2D eigenvalue weighted by molar-refractivity contribution is -0.142. The number of piperidine rings is 1. The first-order valence-corrected chi connectivity index (χ1v) is 7.55. The maximum Gasteiger partial charge on any atom is 0.255 e. The fourth-order valence-electron chi connectivity index (χ4n) is 3.63. The van der Waals surface area contributed by atoms with Crippen LogP contribution in [-0.2, 0) is 9.47 Å². The Balaban J connectivity index is 1.78. The summed E-state index contributed by atoms with van der Waals surface area (Å²) >= 11 is 0. The zero-order valence-corrected chi connectivity index (χ0v) is 12.5. The molecule has 2 aliphatic rings. The molecule has 3 heterocycles. The molecular formula is C16H22N2O3. The van der Waals surface area contributed by atoms with E-state index in [1.807, 2.05) is 11.0 Å². The van der Waals surface area contributed by atoms with Gasteiger partial charge in [-0.15, -0.1) is 0 Å². The molecule has 0 saturated carbocycles. The highest BCUT2D eigenvalue weighted by molar-refractivity contribution is 5.94. The van der Waals surface area contributed by atoms with Crippen molar-refractivity contribution in [2.45, 2.75) is 25.4 Å². The summed E-state index contributed by atoms with van der Waals surface area (Å²) in [5, 5.41) is 0. The Bertz CT molecular complexity index is 490. The Morgan fingerprint density at radius 3 is 3.29 bits per heavy atom. The Labute approximate surface area is 125 Å². The van der Waals surface area contributed by atoms with Gasteiger partial charge in [-0.1, -0.05) is 0 Å². The Hall–Kier alpha value is -1.46. The number of rotatable bonds is 3. The molecule has 1 amide bonds. The van der Waals surface area contributed by atoms with Crippen LogP contribution < -0.4 is 0 Å². The summed E-state index contributed by atoms with van der Waals surface area (Å²) in [5.41, 5.74) is 0.601. The van der Waals surface area contributed by atoms with Crippen LogP contribution in [0.4, 0.5) is 0 Å². The van der Waals surface area contributed by atoms with Crippen molar-refractivity contribution in [1.82, 2.24) is 9.88 Å². The predicted molar refractivity (Wildman–Crippen MR) is 78.0 cm³/mol. The van der Waals surface area contributed by atoms with Gasteiger partial charge in [-0.05, 0) is 31.4 Å². The van der Waals surface area contributed by atoms with Gasteiger partial charge in [-0.25, -0.2) is 0 Å². The minimum Gasteiger partial charge on any atom is -0.384 e. The summed E-state index contributed by atoms with van der Waals surface area (Å²) in [4.78, 5) is 18.6. The first kappa shape index (κ1) is 14.5. The monoisotopic (exact) mass is 290 g/mol. The number of pyridine rings is 1. The number of carbonyl (C=O) groups excluding carboxylic acids is 1. The molecule has 5 heteroatoms. The third kappa shape index (κ3) is 2.80. The minimum atomic E-state index is -0.0525. The fraction of sp³-hybridized carbons (Fsp3) is 0.625. The summed E-state index contributed by atoms with van der Waals surface area (Å²) < 4.78 is 11.4. The van der Waals surface area contributed by atoms with E-state index in [4.69, 9.17) is 9.47 Å². The molecule has 0 bridgehead atoms. The van der Waals surface area contributed by atoms with Crippen LogP contribution >= 0.6 is 0 Å². The zero-order chi connectivity index (χ0) is 14.7. The van der Waals surface area contributed by atoms with Crippen LogP contribution in [-0.4, -0.2) is 55.3 Å². The molecule has 0 radical (unpaired) electrons. The molecule has 114 valence electrons. The van der Waals surface area contributed by atoms with Crippen molar-refractivity contribution in [2.75, 3.05) is 33.4 Å². The van der Waals surface area contributed by atoms with E-state index in [2.05, 4.69) is 4.98 Å². The van der Waals surface area contributed by atoms with E-state index < -0.39 is 0 Å². The summed E-state index contributed by atoms with van der Waals surface area (Å²) in [7, 11) is 1.72. The van der Waals surface area contributed by atoms with Gasteiger partial charge in [0, 0.05) is 44.6 Å². The summed E-state index contributed by atoms with van der Waals surface area (Å²) in [6.45, 7) is 2.92. The van der Waals surface area contributed by atoms with Gasteiger partial charge in [0.25, 0.3) is 5.91 Å². The summed E-state index contributed by atoms with van der Waals surface area (Å²) in [6.07, 6.45) is 6.51. The number of carbonyl (C=O) groups is 1. The van der Waals surface area contributed by atoms with Crippen LogP contribution in [0.2, 0.25) is 0 Å². The molecule has 2 unspecified atom stereocenters. The molecule has 21 heavy (non-hydrogen) atoms. The molecule has 0 aliphatic carbocycles. The molecule has 0 spiro atoms. The van der Waals surface area contributed by atoms with Crippen molar-refractivity contribution in [3.05, 3.63) is 30.1 Å². The van der Waals surface area contributed by atoms with Gasteiger partial charge in [0.05, 0.1) is 18.3 Å². The summed E-state index contributed by atoms with van der Waals surface area (Å²) in [6, 6.07) is 3.62. The van der Waals surface area contributed by atoms with E-state index in [1.165, 1.54) is 0 Å². The van der Waals surface area contributed by atoms with Gasteiger partial charge in [0.15, 0.2) is 0 Å². The first-order chi connectivity index (χ1) is 10.2.